The molecule has 2 rings (SSSR count). The Hall–Kier alpha value is -2.90. The van der Waals surface area contributed by atoms with Crippen molar-refractivity contribution in [3.05, 3.63) is 56.1 Å². The Labute approximate surface area is 143 Å². The van der Waals surface area contributed by atoms with Gasteiger partial charge in [0, 0.05) is 11.8 Å². The van der Waals surface area contributed by atoms with E-state index in [0.29, 0.717) is 16.3 Å². The fraction of sp³-hybridized carbons (Fsp3) is 0.353. The van der Waals surface area contributed by atoms with Gasteiger partial charge in [-0.1, -0.05) is 20.8 Å². The molecule has 0 amide bonds. The number of nitrogens with one attached hydrogen (secondary N) is 1. The fourth-order valence-corrected chi connectivity index (χ4v) is 2.47. The monoisotopic (exact) mass is 350 g/mol. The Morgan fingerprint density at radius 1 is 1.20 bits per heavy atom. The molecule has 7 nitrogen and oxygen atoms in total. The average Bonchev–Trinajstić information content (AvgIpc) is 2.56. The summed E-state index contributed by atoms with van der Waals surface area (Å²) in [5.74, 6) is -1.55. The van der Waals surface area contributed by atoms with Gasteiger partial charge in [0.15, 0.2) is 0 Å². The van der Waals surface area contributed by atoms with Crippen molar-refractivity contribution >= 4 is 5.97 Å². The zero-order valence-electron chi connectivity index (χ0n) is 14.6. The molecule has 1 heterocycles. The minimum atomic E-state index is -1.12. The van der Waals surface area contributed by atoms with Crippen LogP contribution in [-0.2, 0) is 10.2 Å². The lowest BCUT2D eigenvalue weighted by molar-refractivity contribution is 0.0596. The lowest BCUT2D eigenvalue weighted by Gasteiger charge is -2.24. The van der Waals surface area contributed by atoms with Gasteiger partial charge in [-0.15, -0.1) is 0 Å². The van der Waals surface area contributed by atoms with Crippen molar-refractivity contribution in [2.24, 2.45) is 0 Å². The number of H-pyrrole nitrogens is 1. The number of esters is 1. The Morgan fingerprint density at radius 3 is 2.36 bits per heavy atom. The number of rotatable bonds is 3. The first-order chi connectivity index (χ1) is 11.6. The Bertz CT molecular complexity index is 938. The Morgan fingerprint density at radius 2 is 1.84 bits per heavy atom. The summed E-state index contributed by atoms with van der Waals surface area (Å²) >= 11 is 0. The first-order valence-electron chi connectivity index (χ1n) is 7.43. The van der Waals surface area contributed by atoms with Gasteiger partial charge in [0.25, 0.3) is 5.56 Å². The molecule has 0 aliphatic carbocycles. The second-order valence-corrected chi connectivity index (χ2v) is 6.40. The van der Waals surface area contributed by atoms with Crippen molar-refractivity contribution < 1.29 is 18.7 Å². The number of carbonyl (C=O) groups is 1. The predicted molar refractivity (Wildman–Crippen MR) is 89.2 cm³/mol. The maximum atomic E-state index is 13.6. The summed E-state index contributed by atoms with van der Waals surface area (Å²) < 4.78 is 24.4. The van der Waals surface area contributed by atoms with Crippen molar-refractivity contribution in [1.29, 1.82) is 0 Å². The van der Waals surface area contributed by atoms with Crippen molar-refractivity contribution in [2.75, 3.05) is 14.2 Å². The Balaban J connectivity index is 2.95. The second kappa shape index (κ2) is 6.54. The van der Waals surface area contributed by atoms with Crippen molar-refractivity contribution in [3.8, 4) is 11.4 Å². The van der Waals surface area contributed by atoms with Crippen LogP contribution in [0.3, 0.4) is 0 Å². The summed E-state index contributed by atoms with van der Waals surface area (Å²) in [5, 5.41) is 0. The number of aromatic nitrogens is 2. The third-order valence-corrected chi connectivity index (χ3v) is 3.68. The van der Waals surface area contributed by atoms with Gasteiger partial charge in [0.2, 0.25) is 5.82 Å². The molecule has 0 aliphatic rings. The molecule has 0 radical (unpaired) electrons. The van der Waals surface area contributed by atoms with Crippen LogP contribution in [-0.4, -0.2) is 29.7 Å². The molecule has 0 unspecified atom stereocenters. The molecule has 1 aromatic carbocycles. The number of hydrogen-bond acceptors (Lipinski definition) is 5. The van der Waals surface area contributed by atoms with E-state index in [4.69, 9.17) is 9.47 Å². The van der Waals surface area contributed by atoms with Crippen molar-refractivity contribution in [1.82, 2.24) is 9.55 Å². The molecule has 0 saturated carbocycles. The largest absolute Gasteiger partial charge is 0.496 e. The molecule has 25 heavy (non-hydrogen) atoms. The van der Waals surface area contributed by atoms with Gasteiger partial charge in [-0.05, 0) is 17.5 Å². The van der Waals surface area contributed by atoms with E-state index in [0.717, 1.165) is 0 Å². The van der Waals surface area contributed by atoms with Gasteiger partial charge in [0.05, 0.1) is 19.9 Å². The maximum absolute atomic E-state index is 13.6. The smallest absolute Gasteiger partial charge is 0.341 e. The average molecular weight is 350 g/mol. The molecular formula is C17H19FN2O5. The number of aromatic amines is 1. The highest BCUT2D eigenvalue weighted by atomic mass is 19.1. The molecule has 0 atom stereocenters. The Kier molecular flexibility index (Phi) is 4.82. The highest BCUT2D eigenvalue weighted by Crippen LogP contribution is 2.36. The van der Waals surface area contributed by atoms with Crippen molar-refractivity contribution in [2.45, 2.75) is 26.2 Å². The van der Waals surface area contributed by atoms with Crippen LogP contribution in [0.15, 0.2) is 27.9 Å². The molecule has 0 bridgehead atoms. The van der Waals surface area contributed by atoms with Crippen LogP contribution in [0.25, 0.3) is 5.69 Å². The molecule has 1 aromatic heterocycles. The first kappa shape index (κ1) is 18.4. The number of nitrogens with zero attached hydrogens (tertiary/aromatic N) is 1. The van der Waals surface area contributed by atoms with E-state index in [2.05, 4.69) is 4.98 Å². The molecule has 0 aliphatic heterocycles. The summed E-state index contributed by atoms with van der Waals surface area (Å²) in [6.07, 6.45) is 0.691. The fourth-order valence-electron chi connectivity index (χ4n) is 2.47. The number of ether oxygens (including phenoxy) is 2. The van der Waals surface area contributed by atoms with E-state index in [1.54, 1.807) is 0 Å². The van der Waals surface area contributed by atoms with E-state index >= 15 is 0 Å². The molecule has 0 saturated heterocycles. The third kappa shape index (κ3) is 3.33. The first-order valence-corrected chi connectivity index (χ1v) is 7.43. The zero-order valence-corrected chi connectivity index (χ0v) is 14.6. The topological polar surface area (TPSA) is 90.4 Å². The van der Waals surface area contributed by atoms with Crippen LogP contribution in [0, 0.1) is 5.82 Å². The highest BCUT2D eigenvalue weighted by molar-refractivity contribution is 5.94. The summed E-state index contributed by atoms with van der Waals surface area (Å²) in [6.45, 7) is 5.61. The SMILES string of the molecule is COC(=O)c1cc(-n2c(=O)[nH]cc(F)c2=O)cc(C(C)(C)C)c1OC. The van der Waals surface area contributed by atoms with Crippen LogP contribution in [0.5, 0.6) is 5.75 Å². The minimum absolute atomic E-state index is 0.0305. The van der Waals surface area contributed by atoms with E-state index in [1.165, 1.54) is 26.4 Å². The number of methoxy groups -OCH3 is 2. The summed E-state index contributed by atoms with van der Waals surface area (Å²) in [7, 11) is 2.60. The summed E-state index contributed by atoms with van der Waals surface area (Å²) in [6, 6.07) is 2.78. The van der Waals surface area contributed by atoms with Crippen LogP contribution < -0.4 is 16.0 Å². The summed E-state index contributed by atoms with van der Waals surface area (Å²) in [5.41, 5.74) is -1.81. The van der Waals surface area contributed by atoms with E-state index < -0.39 is 28.5 Å². The maximum Gasteiger partial charge on any atom is 0.341 e. The van der Waals surface area contributed by atoms with Crippen LogP contribution in [0.2, 0.25) is 0 Å². The van der Waals surface area contributed by atoms with Gasteiger partial charge in [-0.25, -0.2) is 14.2 Å². The quantitative estimate of drug-likeness (QED) is 0.852. The van der Waals surface area contributed by atoms with Gasteiger partial charge in [-0.2, -0.15) is 4.39 Å². The third-order valence-electron chi connectivity index (χ3n) is 3.68. The number of carbonyl (C=O) groups excluding carboxylic acids is 1. The molecule has 0 fully saturated rings. The molecule has 0 spiro atoms. The lowest BCUT2D eigenvalue weighted by atomic mass is 9.84. The zero-order chi connectivity index (χ0) is 18.9. The molecular weight excluding hydrogens is 331 g/mol. The van der Waals surface area contributed by atoms with E-state index in [1.807, 2.05) is 20.8 Å². The lowest BCUT2D eigenvalue weighted by Crippen LogP contribution is -2.35. The minimum Gasteiger partial charge on any atom is -0.496 e. The van der Waals surface area contributed by atoms with Crippen LogP contribution >= 0.6 is 0 Å². The normalized spacial score (nSPS) is 11.3. The van der Waals surface area contributed by atoms with Gasteiger partial charge in [-0.3, -0.25) is 4.79 Å². The van der Waals surface area contributed by atoms with Gasteiger partial charge in [0.1, 0.15) is 11.3 Å². The van der Waals surface area contributed by atoms with Gasteiger partial charge < -0.3 is 14.5 Å². The van der Waals surface area contributed by atoms with E-state index in [9.17, 15) is 18.8 Å². The molecule has 1 N–H and O–H groups in total. The van der Waals surface area contributed by atoms with Crippen LogP contribution in [0.4, 0.5) is 4.39 Å². The standard InChI is InChI=1S/C17H19FN2O5/c1-17(2,3)11-7-9(6-10(13(11)24-4)15(22)25-5)20-14(21)12(18)8-19-16(20)23/h6-8H,1-5H3,(H,19,23). The predicted octanol–water partition coefficient (Wildman–Crippen LogP) is 1.76. The van der Waals surface area contributed by atoms with Gasteiger partial charge >= 0.3 is 11.7 Å². The number of benzene rings is 1. The number of halogens is 1. The summed E-state index contributed by atoms with van der Waals surface area (Å²) in [4.78, 5) is 38.4. The van der Waals surface area contributed by atoms with Crippen molar-refractivity contribution in [3.63, 3.8) is 0 Å². The van der Waals surface area contributed by atoms with E-state index in [-0.39, 0.29) is 17.0 Å². The van der Waals surface area contributed by atoms with Crippen LogP contribution in [0.1, 0.15) is 36.7 Å². The second-order valence-electron chi connectivity index (χ2n) is 6.40. The molecule has 134 valence electrons. The highest BCUT2D eigenvalue weighted by Gasteiger charge is 2.27. The molecule has 8 heteroatoms. The number of hydrogen-bond donors (Lipinski definition) is 1. The molecule has 2 aromatic rings.